The Balaban J connectivity index is 2.06. The second-order valence-electron chi connectivity index (χ2n) is 6.78. The minimum atomic E-state index is -0.768. The first-order chi connectivity index (χ1) is 10.6. The van der Waals surface area contributed by atoms with E-state index in [4.69, 9.17) is 14.0 Å². The number of rotatable bonds is 5. The van der Waals surface area contributed by atoms with Crippen LogP contribution in [0.5, 0.6) is 5.88 Å². The van der Waals surface area contributed by atoms with E-state index in [-0.39, 0.29) is 11.3 Å². The first-order valence-corrected chi connectivity index (χ1v) is 7.60. The molecule has 2 rings (SSSR count). The van der Waals surface area contributed by atoms with Crippen LogP contribution in [0.4, 0.5) is 4.39 Å². The van der Waals surface area contributed by atoms with Crippen LogP contribution in [0.15, 0.2) is 24.4 Å². The second-order valence-corrected chi connectivity index (χ2v) is 6.78. The summed E-state index contributed by atoms with van der Waals surface area (Å²) < 4.78 is 31.3. The van der Waals surface area contributed by atoms with Gasteiger partial charge in [0.25, 0.3) is 0 Å². The Hall–Kier alpha value is -1.60. The predicted molar refractivity (Wildman–Crippen MR) is 88.2 cm³/mol. The summed E-state index contributed by atoms with van der Waals surface area (Å²) in [6, 6.07) is 3.21. The molecule has 0 atom stereocenters. The highest BCUT2D eigenvalue weighted by molar-refractivity contribution is 6.62. The van der Waals surface area contributed by atoms with Crippen LogP contribution in [0, 0.1) is 5.95 Å². The Kier molecular flexibility index (Phi) is 5.01. The van der Waals surface area contributed by atoms with Crippen LogP contribution < -0.4 is 10.2 Å². The van der Waals surface area contributed by atoms with E-state index in [1.165, 1.54) is 0 Å². The molecule has 0 aliphatic carbocycles. The highest BCUT2D eigenvalue weighted by atomic mass is 19.1. The summed E-state index contributed by atoms with van der Waals surface area (Å²) in [5, 5.41) is 0. The molecule has 1 aromatic rings. The van der Waals surface area contributed by atoms with Crippen LogP contribution in [0.2, 0.25) is 0 Å². The fourth-order valence-electron chi connectivity index (χ4n) is 2.04. The third-order valence-electron chi connectivity index (χ3n) is 4.09. The molecule has 0 bridgehead atoms. The maximum absolute atomic E-state index is 14.3. The number of nitrogens with zero attached hydrogens (tertiary/aromatic N) is 2. The smallest absolute Gasteiger partial charge is 0.473 e. The Morgan fingerprint density at radius 2 is 1.83 bits per heavy atom. The zero-order valence-electron chi connectivity index (χ0n) is 14.6. The van der Waals surface area contributed by atoms with Gasteiger partial charge in [0.1, 0.15) is 6.61 Å². The zero-order chi connectivity index (χ0) is 17.3. The van der Waals surface area contributed by atoms with E-state index in [0.717, 1.165) is 0 Å². The van der Waals surface area contributed by atoms with Crippen LogP contribution in [-0.4, -0.2) is 48.9 Å². The molecule has 1 aliphatic rings. The minimum Gasteiger partial charge on any atom is -0.473 e. The molecule has 1 aromatic heterocycles. The van der Waals surface area contributed by atoms with Crippen molar-refractivity contribution in [2.24, 2.45) is 0 Å². The molecular weight excluding hydrogens is 298 g/mol. The Morgan fingerprint density at radius 1 is 1.22 bits per heavy atom. The van der Waals surface area contributed by atoms with Crippen molar-refractivity contribution in [3.8, 4) is 5.88 Å². The zero-order valence-corrected chi connectivity index (χ0v) is 14.6. The lowest BCUT2D eigenvalue weighted by Gasteiger charge is -2.32. The fourth-order valence-corrected chi connectivity index (χ4v) is 2.04. The highest BCUT2D eigenvalue weighted by Gasteiger charge is 2.52. The molecule has 0 saturated carbocycles. The van der Waals surface area contributed by atoms with Crippen molar-refractivity contribution in [1.29, 1.82) is 0 Å². The van der Waals surface area contributed by atoms with Crippen LogP contribution in [0.1, 0.15) is 27.7 Å². The molecule has 126 valence electrons. The van der Waals surface area contributed by atoms with Crippen LogP contribution >= 0.6 is 0 Å². The molecule has 0 amide bonds. The van der Waals surface area contributed by atoms with E-state index < -0.39 is 24.3 Å². The SMILES string of the molecule is CN(C)C=CCOc1ccc(B2OC(C)(C)C(C)(C)O2)c(F)n1. The Labute approximate surface area is 137 Å². The van der Waals surface area contributed by atoms with Crippen molar-refractivity contribution in [2.45, 2.75) is 38.9 Å². The standard InChI is InChI=1S/C16H24BFN2O3/c1-15(2)16(3,4)23-17(22-15)12-8-9-13(19-14(12)18)21-11-7-10-20(5)6/h7-10H,11H2,1-6H3. The topological polar surface area (TPSA) is 43.8 Å². The molecule has 0 radical (unpaired) electrons. The molecule has 0 spiro atoms. The molecule has 0 unspecified atom stereocenters. The van der Waals surface area contributed by atoms with Gasteiger partial charge in [-0.05, 0) is 40.0 Å². The van der Waals surface area contributed by atoms with E-state index in [0.29, 0.717) is 6.61 Å². The van der Waals surface area contributed by atoms with Gasteiger partial charge in [-0.15, -0.1) is 0 Å². The van der Waals surface area contributed by atoms with Gasteiger partial charge < -0.3 is 18.9 Å². The average Bonchev–Trinajstić information content (AvgIpc) is 2.63. The molecule has 7 heteroatoms. The summed E-state index contributed by atoms with van der Waals surface area (Å²) in [5.41, 5.74) is -0.758. The van der Waals surface area contributed by atoms with Crippen molar-refractivity contribution >= 4 is 12.6 Å². The number of ether oxygens (including phenoxy) is 1. The van der Waals surface area contributed by atoms with Gasteiger partial charge in [0, 0.05) is 25.6 Å². The number of hydrogen-bond acceptors (Lipinski definition) is 5. The van der Waals surface area contributed by atoms with Crippen molar-refractivity contribution in [3.63, 3.8) is 0 Å². The number of halogens is 1. The minimum absolute atomic E-state index is 0.228. The van der Waals surface area contributed by atoms with Gasteiger partial charge in [-0.2, -0.15) is 9.37 Å². The fraction of sp³-hybridized carbons (Fsp3) is 0.562. The molecular formula is C16H24BFN2O3. The van der Waals surface area contributed by atoms with Crippen LogP contribution in [0.25, 0.3) is 0 Å². The summed E-state index contributed by atoms with van der Waals surface area (Å²) in [4.78, 5) is 5.72. The van der Waals surface area contributed by atoms with E-state index in [9.17, 15) is 4.39 Å². The summed E-state index contributed by atoms with van der Waals surface area (Å²) in [7, 11) is 3.05. The Bertz CT molecular complexity index is 575. The lowest BCUT2D eigenvalue weighted by molar-refractivity contribution is 0.00578. The summed E-state index contributed by atoms with van der Waals surface area (Å²) in [5.74, 6) is -0.413. The summed E-state index contributed by atoms with van der Waals surface area (Å²) in [6.07, 6.45) is 3.68. The average molecular weight is 322 g/mol. The van der Waals surface area contributed by atoms with Gasteiger partial charge in [-0.1, -0.05) is 6.07 Å². The largest absolute Gasteiger partial charge is 0.499 e. The van der Waals surface area contributed by atoms with Crippen molar-refractivity contribution in [3.05, 3.63) is 30.4 Å². The molecule has 1 fully saturated rings. The van der Waals surface area contributed by atoms with Gasteiger partial charge in [0.05, 0.1) is 11.2 Å². The maximum Gasteiger partial charge on any atom is 0.499 e. The van der Waals surface area contributed by atoms with Gasteiger partial charge >= 0.3 is 7.12 Å². The first kappa shape index (κ1) is 17.8. The van der Waals surface area contributed by atoms with Crippen molar-refractivity contribution in [2.75, 3.05) is 20.7 Å². The van der Waals surface area contributed by atoms with E-state index in [1.807, 2.05) is 59.0 Å². The summed E-state index contributed by atoms with van der Waals surface area (Å²) >= 11 is 0. The van der Waals surface area contributed by atoms with Crippen LogP contribution in [-0.2, 0) is 9.31 Å². The lowest BCUT2D eigenvalue weighted by atomic mass is 9.80. The third-order valence-corrected chi connectivity index (χ3v) is 4.09. The second kappa shape index (κ2) is 6.49. The molecule has 0 aromatic carbocycles. The van der Waals surface area contributed by atoms with Gasteiger partial charge in [-0.25, -0.2) is 0 Å². The van der Waals surface area contributed by atoms with E-state index >= 15 is 0 Å². The highest BCUT2D eigenvalue weighted by Crippen LogP contribution is 2.36. The molecule has 2 heterocycles. The molecule has 23 heavy (non-hydrogen) atoms. The van der Waals surface area contributed by atoms with Crippen molar-refractivity contribution in [1.82, 2.24) is 9.88 Å². The van der Waals surface area contributed by atoms with E-state index in [1.54, 1.807) is 12.1 Å². The third kappa shape index (κ3) is 4.03. The Morgan fingerprint density at radius 3 is 2.35 bits per heavy atom. The summed E-state index contributed by atoms with van der Waals surface area (Å²) in [6.45, 7) is 8.01. The number of pyridine rings is 1. The molecule has 5 nitrogen and oxygen atoms in total. The predicted octanol–water partition coefficient (Wildman–Crippen LogP) is 1.97. The van der Waals surface area contributed by atoms with Gasteiger partial charge in [0.15, 0.2) is 0 Å². The number of hydrogen-bond donors (Lipinski definition) is 0. The van der Waals surface area contributed by atoms with Gasteiger partial charge in [-0.3, -0.25) is 0 Å². The molecule has 1 aliphatic heterocycles. The maximum atomic E-state index is 14.3. The van der Waals surface area contributed by atoms with Crippen LogP contribution in [0.3, 0.4) is 0 Å². The molecule has 1 saturated heterocycles. The van der Waals surface area contributed by atoms with Crippen molar-refractivity contribution < 1.29 is 18.4 Å². The molecule has 0 N–H and O–H groups in total. The number of aromatic nitrogens is 1. The quantitative estimate of drug-likeness (QED) is 0.613. The normalized spacial score (nSPS) is 19.3. The first-order valence-electron chi connectivity index (χ1n) is 7.60. The monoisotopic (exact) mass is 322 g/mol. The van der Waals surface area contributed by atoms with E-state index in [2.05, 4.69) is 4.98 Å². The lowest BCUT2D eigenvalue weighted by Crippen LogP contribution is -2.41. The van der Waals surface area contributed by atoms with Gasteiger partial charge in [0.2, 0.25) is 11.8 Å².